The van der Waals surface area contributed by atoms with Crippen molar-refractivity contribution in [1.29, 1.82) is 0 Å². The second-order valence-electron chi connectivity index (χ2n) is 6.66. The molecule has 0 radical (unpaired) electrons. The number of ketones is 1. The monoisotopic (exact) mass is 367 g/mol. The summed E-state index contributed by atoms with van der Waals surface area (Å²) in [5, 5.41) is 9.82. The quantitative estimate of drug-likeness (QED) is 0.839. The second-order valence-corrected chi connectivity index (χ2v) is 6.66. The molecule has 1 aliphatic heterocycles. The molecule has 1 atom stereocenters. The number of hydrogen-bond donors (Lipinski definition) is 1. The number of Topliss-reactive ketones (excluding diaryl/α,β-unsaturated/α-hetero) is 1. The molecule has 0 saturated carbocycles. The third-order valence-corrected chi connectivity index (χ3v) is 5.03. The number of rotatable bonds is 4. The molecule has 0 aromatic heterocycles. The number of esters is 1. The van der Waals surface area contributed by atoms with Gasteiger partial charge in [-0.15, -0.1) is 0 Å². The van der Waals surface area contributed by atoms with Crippen molar-refractivity contribution in [1.82, 2.24) is 4.90 Å². The van der Waals surface area contributed by atoms with Gasteiger partial charge in [0.15, 0.2) is 0 Å². The topological polar surface area (TPSA) is 83.9 Å². The summed E-state index contributed by atoms with van der Waals surface area (Å²) in [6, 6.07) is 16.1. The van der Waals surface area contributed by atoms with E-state index in [1.54, 1.807) is 24.3 Å². The lowest BCUT2D eigenvalue weighted by molar-refractivity contribution is -0.125. The van der Waals surface area contributed by atoms with Crippen molar-refractivity contribution < 1.29 is 24.2 Å². The van der Waals surface area contributed by atoms with Crippen molar-refractivity contribution in [2.24, 2.45) is 0 Å². The fourth-order valence-electron chi connectivity index (χ4n) is 3.73. The largest absolute Gasteiger partial charge is 0.465 e. The zero-order chi connectivity index (χ0) is 19.4. The first-order valence-electron chi connectivity index (χ1n) is 8.71. The molecule has 1 fully saturated rings. The summed E-state index contributed by atoms with van der Waals surface area (Å²) in [4.78, 5) is 37.4. The molecular weight excluding hydrogens is 346 g/mol. The van der Waals surface area contributed by atoms with Gasteiger partial charge in [-0.2, -0.15) is 0 Å². The minimum Gasteiger partial charge on any atom is -0.465 e. The van der Waals surface area contributed by atoms with Gasteiger partial charge in [0.1, 0.15) is 5.78 Å². The SMILES string of the molecule is COC(=O)c1ccc([C@]2(Cc3ccccc3)CC(=O)CCN2C(=O)O)cc1. The standard InChI is InChI=1S/C21H21NO5/c1-27-19(24)16-7-9-17(10-8-16)21(13-15-5-3-2-4-6-15)14-18(23)11-12-22(21)20(25)26/h2-10H,11-14H2,1H3,(H,25,26)/t21-/m0/s1. The van der Waals surface area contributed by atoms with Crippen molar-refractivity contribution in [3.8, 4) is 0 Å². The minimum absolute atomic E-state index is 0.0282. The van der Waals surface area contributed by atoms with Gasteiger partial charge in [-0.1, -0.05) is 42.5 Å². The van der Waals surface area contributed by atoms with Crippen LogP contribution < -0.4 is 0 Å². The maximum atomic E-state index is 12.3. The van der Waals surface area contributed by atoms with Crippen LogP contribution in [0.4, 0.5) is 4.79 Å². The molecule has 0 spiro atoms. The molecule has 6 heteroatoms. The number of methoxy groups -OCH3 is 1. The molecule has 1 amide bonds. The van der Waals surface area contributed by atoms with E-state index in [1.165, 1.54) is 12.0 Å². The highest BCUT2D eigenvalue weighted by Crippen LogP contribution is 2.39. The lowest BCUT2D eigenvalue weighted by Gasteiger charge is -2.45. The van der Waals surface area contributed by atoms with Gasteiger partial charge in [-0.05, 0) is 23.3 Å². The molecule has 0 aliphatic carbocycles. The van der Waals surface area contributed by atoms with E-state index in [1.807, 2.05) is 30.3 Å². The Bertz CT molecular complexity index is 847. The number of carbonyl (C=O) groups excluding carboxylic acids is 2. The molecule has 3 rings (SSSR count). The maximum absolute atomic E-state index is 12.3. The van der Waals surface area contributed by atoms with Crippen LogP contribution in [0, 0.1) is 0 Å². The zero-order valence-corrected chi connectivity index (χ0v) is 15.1. The fraction of sp³-hybridized carbons (Fsp3) is 0.286. The van der Waals surface area contributed by atoms with Crippen LogP contribution in [-0.2, 0) is 21.5 Å². The van der Waals surface area contributed by atoms with Gasteiger partial charge in [0.25, 0.3) is 0 Å². The number of ether oxygens (including phenoxy) is 1. The Labute approximate surface area is 157 Å². The van der Waals surface area contributed by atoms with Gasteiger partial charge in [0.05, 0.1) is 18.2 Å². The van der Waals surface area contributed by atoms with Crippen molar-refractivity contribution in [3.05, 3.63) is 71.3 Å². The molecule has 0 bridgehead atoms. The van der Waals surface area contributed by atoms with E-state index in [0.717, 1.165) is 5.56 Å². The van der Waals surface area contributed by atoms with Crippen LogP contribution in [0.5, 0.6) is 0 Å². The molecule has 2 aromatic carbocycles. The van der Waals surface area contributed by atoms with Crippen molar-refractivity contribution in [2.75, 3.05) is 13.7 Å². The first-order valence-corrected chi connectivity index (χ1v) is 8.71. The number of piperidine rings is 1. The van der Waals surface area contributed by atoms with Crippen LogP contribution in [0.25, 0.3) is 0 Å². The maximum Gasteiger partial charge on any atom is 0.408 e. The molecule has 140 valence electrons. The Balaban J connectivity index is 2.09. The predicted molar refractivity (Wildman–Crippen MR) is 98.6 cm³/mol. The summed E-state index contributed by atoms with van der Waals surface area (Å²) in [5.41, 5.74) is 1.00. The third-order valence-electron chi connectivity index (χ3n) is 5.03. The van der Waals surface area contributed by atoms with E-state index in [2.05, 4.69) is 0 Å². The smallest absolute Gasteiger partial charge is 0.408 e. The van der Waals surface area contributed by atoms with Crippen LogP contribution in [0.3, 0.4) is 0 Å². The Morgan fingerprint density at radius 2 is 1.78 bits per heavy atom. The summed E-state index contributed by atoms with van der Waals surface area (Å²) >= 11 is 0. The van der Waals surface area contributed by atoms with Crippen LogP contribution >= 0.6 is 0 Å². The van der Waals surface area contributed by atoms with Crippen LogP contribution in [0.2, 0.25) is 0 Å². The van der Waals surface area contributed by atoms with Gasteiger partial charge in [0.2, 0.25) is 0 Å². The molecule has 1 N–H and O–H groups in total. The van der Waals surface area contributed by atoms with Gasteiger partial charge in [0, 0.05) is 25.8 Å². The highest BCUT2D eigenvalue weighted by molar-refractivity contribution is 5.89. The lowest BCUT2D eigenvalue weighted by Crippen LogP contribution is -2.55. The number of likely N-dealkylation sites (tertiary alicyclic amines) is 1. The summed E-state index contributed by atoms with van der Waals surface area (Å²) in [6.07, 6.45) is -0.367. The summed E-state index contributed by atoms with van der Waals surface area (Å²) in [5.74, 6) is -0.436. The Kier molecular flexibility index (Phi) is 5.26. The van der Waals surface area contributed by atoms with Gasteiger partial charge >= 0.3 is 12.1 Å². The molecular formula is C21H21NO5. The average Bonchev–Trinajstić information content (AvgIpc) is 2.68. The van der Waals surface area contributed by atoms with Gasteiger partial charge in [-0.3, -0.25) is 9.69 Å². The van der Waals surface area contributed by atoms with Crippen LogP contribution in [0.1, 0.15) is 34.3 Å². The zero-order valence-electron chi connectivity index (χ0n) is 15.1. The summed E-state index contributed by atoms with van der Waals surface area (Å²) < 4.78 is 4.72. The predicted octanol–water partition coefficient (Wildman–Crippen LogP) is 3.25. The molecule has 1 heterocycles. The van der Waals surface area contributed by atoms with E-state index >= 15 is 0 Å². The molecule has 27 heavy (non-hydrogen) atoms. The van der Waals surface area contributed by atoms with E-state index in [4.69, 9.17) is 4.74 Å². The Morgan fingerprint density at radius 1 is 1.11 bits per heavy atom. The number of carbonyl (C=O) groups is 3. The highest BCUT2D eigenvalue weighted by Gasteiger charge is 2.46. The average molecular weight is 367 g/mol. The number of nitrogens with zero attached hydrogens (tertiary/aromatic N) is 1. The fourth-order valence-corrected chi connectivity index (χ4v) is 3.73. The van der Waals surface area contributed by atoms with Crippen LogP contribution in [0.15, 0.2) is 54.6 Å². The normalized spacial score (nSPS) is 19.6. The van der Waals surface area contributed by atoms with E-state index in [9.17, 15) is 19.5 Å². The lowest BCUT2D eigenvalue weighted by atomic mass is 9.75. The van der Waals surface area contributed by atoms with Crippen molar-refractivity contribution in [3.63, 3.8) is 0 Å². The molecule has 1 aliphatic rings. The number of carboxylic acid groups (broad SMARTS) is 1. The van der Waals surface area contributed by atoms with Crippen LogP contribution in [-0.4, -0.2) is 41.5 Å². The second kappa shape index (κ2) is 7.61. The molecule has 2 aromatic rings. The highest BCUT2D eigenvalue weighted by atomic mass is 16.5. The van der Waals surface area contributed by atoms with Gasteiger partial charge < -0.3 is 9.84 Å². The third kappa shape index (κ3) is 3.69. The Hall–Kier alpha value is -3.15. The molecule has 0 unspecified atom stereocenters. The first kappa shape index (κ1) is 18.6. The van der Waals surface area contributed by atoms with Crippen molar-refractivity contribution in [2.45, 2.75) is 24.8 Å². The number of hydrogen-bond acceptors (Lipinski definition) is 4. The van der Waals surface area contributed by atoms with E-state index < -0.39 is 17.6 Å². The molecule has 6 nitrogen and oxygen atoms in total. The van der Waals surface area contributed by atoms with E-state index in [-0.39, 0.29) is 25.2 Å². The number of benzene rings is 2. The summed E-state index contributed by atoms with van der Waals surface area (Å²) in [6.45, 7) is 0.153. The minimum atomic E-state index is -1.06. The van der Waals surface area contributed by atoms with Gasteiger partial charge in [-0.25, -0.2) is 9.59 Å². The van der Waals surface area contributed by atoms with Crippen molar-refractivity contribution >= 4 is 17.8 Å². The molecule has 1 saturated heterocycles. The number of amides is 1. The first-order chi connectivity index (χ1) is 13.0. The summed E-state index contributed by atoms with van der Waals surface area (Å²) in [7, 11) is 1.30. The van der Waals surface area contributed by atoms with E-state index in [0.29, 0.717) is 17.5 Å². The Morgan fingerprint density at radius 3 is 2.37 bits per heavy atom.